The van der Waals surface area contributed by atoms with Crippen molar-refractivity contribution in [3.05, 3.63) is 107 Å². The van der Waals surface area contributed by atoms with Gasteiger partial charge in [-0.05, 0) is 42.8 Å². The number of aliphatic hydroxyl groups excluding tert-OH is 1. The molecule has 3 aromatic carbocycles. The second kappa shape index (κ2) is 9.39. The molecule has 0 radical (unpaired) electrons. The van der Waals surface area contributed by atoms with Crippen molar-refractivity contribution in [3.8, 4) is 5.75 Å². The highest BCUT2D eigenvalue weighted by Crippen LogP contribution is 2.44. The Labute approximate surface area is 210 Å². The van der Waals surface area contributed by atoms with E-state index in [4.69, 9.17) is 4.74 Å². The number of amides is 1. The predicted octanol–water partition coefficient (Wildman–Crippen LogP) is 5.93. The number of fused-ring (bicyclic) bond motifs is 1. The summed E-state index contributed by atoms with van der Waals surface area (Å²) in [5.74, 6) is -1.76. The Morgan fingerprint density at radius 3 is 2.56 bits per heavy atom. The van der Waals surface area contributed by atoms with Gasteiger partial charge in [-0.1, -0.05) is 66.0 Å². The van der Waals surface area contributed by atoms with Crippen LogP contribution in [0.3, 0.4) is 0 Å². The van der Waals surface area contributed by atoms with Gasteiger partial charge in [-0.15, -0.1) is 0 Å². The highest BCUT2D eigenvalue weighted by atomic mass is 32.1. The number of rotatable bonds is 6. The first-order valence-electron chi connectivity index (χ1n) is 11.1. The topological polar surface area (TPSA) is 79.7 Å². The Bertz CT molecular complexity index is 1520. The van der Waals surface area contributed by atoms with E-state index >= 15 is 0 Å². The number of nitrogens with zero attached hydrogens (tertiary/aromatic N) is 2. The van der Waals surface area contributed by atoms with E-state index in [1.54, 1.807) is 42.5 Å². The number of hydrogen-bond acceptors (Lipinski definition) is 6. The van der Waals surface area contributed by atoms with Crippen LogP contribution in [0.15, 0.2) is 85.0 Å². The van der Waals surface area contributed by atoms with Gasteiger partial charge in [0.15, 0.2) is 5.13 Å². The van der Waals surface area contributed by atoms with Crippen molar-refractivity contribution in [1.29, 1.82) is 0 Å². The van der Waals surface area contributed by atoms with Gasteiger partial charge >= 0.3 is 5.91 Å². The standard InChI is InChI=1S/C28H21FN2O4S/c1-3-14-35-20-11-8-17(9-12-20)24-23(25(32)18-6-4-16(2)5-7-18)26(33)27(34)31(24)28-30-21-13-10-19(29)15-22(21)36-28/h3-13,15,24,32H,1,14H2,2H3. The zero-order valence-corrected chi connectivity index (χ0v) is 20.1. The van der Waals surface area contributed by atoms with E-state index in [1.165, 1.54) is 23.1 Å². The molecule has 1 amide bonds. The molecule has 0 saturated carbocycles. The Morgan fingerprint density at radius 2 is 1.86 bits per heavy atom. The number of benzene rings is 3. The molecule has 36 heavy (non-hydrogen) atoms. The lowest BCUT2D eigenvalue weighted by Crippen LogP contribution is -2.29. The summed E-state index contributed by atoms with van der Waals surface area (Å²) in [5, 5.41) is 11.5. The van der Waals surface area contributed by atoms with Crippen LogP contribution in [0.5, 0.6) is 5.75 Å². The van der Waals surface area contributed by atoms with Crippen molar-refractivity contribution < 1.29 is 23.8 Å². The van der Waals surface area contributed by atoms with Crippen LogP contribution >= 0.6 is 11.3 Å². The van der Waals surface area contributed by atoms with Gasteiger partial charge in [-0.3, -0.25) is 14.5 Å². The Hall–Kier alpha value is -4.30. The van der Waals surface area contributed by atoms with E-state index in [9.17, 15) is 19.1 Å². The van der Waals surface area contributed by atoms with E-state index in [0.717, 1.165) is 16.9 Å². The molecule has 1 aliphatic heterocycles. The summed E-state index contributed by atoms with van der Waals surface area (Å²) in [6, 6.07) is 17.1. The lowest BCUT2D eigenvalue weighted by atomic mass is 9.95. The van der Waals surface area contributed by atoms with Gasteiger partial charge in [0.05, 0.1) is 21.8 Å². The summed E-state index contributed by atoms with van der Waals surface area (Å²) in [5.41, 5.74) is 2.44. The summed E-state index contributed by atoms with van der Waals surface area (Å²) in [7, 11) is 0. The molecular formula is C28H21FN2O4S. The molecule has 5 rings (SSSR count). The Kier molecular flexibility index (Phi) is 6.12. The van der Waals surface area contributed by atoms with E-state index in [1.807, 2.05) is 19.1 Å². The third-order valence-electron chi connectivity index (χ3n) is 5.88. The van der Waals surface area contributed by atoms with Crippen LogP contribution in [-0.4, -0.2) is 28.4 Å². The van der Waals surface area contributed by atoms with Crippen molar-refractivity contribution in [2.24, 2.45) is 0 Å². The van der Waals surface area contributed by atoms with Gasteiger partial charge in [-0.25, -0.2) is 9.37 Å². The molecule has 1 N–H and O–H groups in total. The average Bonchev–Trinajstić information content (AvgIpc) is 3.40. The van der Waals surface area contributed by atoms with E-state index in [-0.39, 0.29) is 16.5 Å². The smallest absolute Gasteiger partial charge is 0.301 e. The highest BCUT2D eigenvalue weighted by Gasteiger charge is 2.48. The fourth-order valence-electron chi connectivity index (χ4n) is 4.10. The minimum Gasteiger partial charge on any atom is -0.507 e. The first-order valence-corrected chi connectivity index (χ1v) is 12.0. The van der Waals surface area contributed by atoms with Crippen molar-refractivity contribution >= 4 is 44.1 Å². The fraction of sp³-hybridized carbons (Fsp3) is 0.107. The van der Waals surface area contributed by atoms with Crippen LogP contribution in [0.1, 0.15) is 22.7 Å². The SMILES string of the molecule is C=CCOc1ccc(C2C(=C(O)c3ccc(C)cc3)C(=O)C(=O)N2c2nc3ccc(F)cc3s2)cc1. The third kappa shape index (κ3) is 4.16. The zero-order valence-electron chi connectivity index (χ0n) is 19.3. The van der Waals surface area contributed by atoms with Crippen molar-refractivity contribution in [2.45, 2.75) is 13.0 Å². The monoisotopic (exact) mass is 500 g/mol. The molecule has 2 heterocycles. The molecule has 8 heteroatoms. The molecule has 1 aliphatic rings. The summed E-state index contributed by atoms with van der Waals surface area (Å²) in [6.07, 6.45) is 1.63. The van der Waals surface area contributed by atoms with Crippen molar-refractivity contribution in [2.75, 3.05) is 11.5 Å². The summed E-state index contributed by atoms with van der Waals surface area (Å²) in [4.78, 5) is 32.4. The van der Waals surface area contributed by atoms with Crippen LogP contribution in [-0.2, 0) is 9.59 Å². The quantitative estimate of drug-likeness (QED) is 0.154. The van der Waals surface area contributed by atoms with E-state index in [0.29, 0.717) is 33.7 Å². The molecule has 0 bridgehead atoms. The number of aromatic nitrogens is 1. The maximum atomic E-state index is 13.8. The number of Topliss-reactive ketones (excluding diaryl/α,β-unsaturated/α-hetero) is 1. The first-order chi connectivity index (χ1) is 17.4. The highest BCUT2D eigenvalue weighted by molar-refractivity contribution is 7.22. The van der Waals surface area contributed by atoms with Gasteiger partial charge in [0, 0.05) is 5.56 Å². The van der Waals surface area contributed by atoms with Crippen LogP contribution in [0, 0.1) is 12.7 Å². The average molecular weight is 501 g/mol. The second-order valence-corrected chi connectivity index (χ2v) is 9.32. The third-order valence-corrected chi connectivity index (χ3v) is 6.90. The van der Waals surface area contributed by atoms with Gasteiger partial charge < -0.3 is 9.84 Å². The minimum absolute atomic E-state index is 0.0472. The molecule has 4 aromatic rings. The van der Waals surface area contributed by atoms with Gasteiger partial charge in [-0.2, -0.15) is 0 Å². The first kappa shape index (κ1) is 23.4. The Morgan fingerprint density at radius 1 is 1.14 bits per heavy atom. The molecule has 0 spiro atoms. The lowest BCUT2D eigenvalue weighted by Gasteiger charge is -2.23. The van der Waals surface area contributed by atoms with Gasteiger partial charge in [0.1, 0.15) is 23.9 Å². The minimum atomic E-state index is -0.940. The molecule has 1 saturated heterocycles. The van der Waals surface area contributed by atoms with Gasteiger partial charge in [0.25, 0.3) is 5.78 Å². The number of carbonyl (C=O) groups is 2. The Balaban J connectivity index is 1.68. The van der Waals surface area contributed by atoms with Crippen molar-refractivity contribution in [3.63, 3.8) is 0 Å². The van der Waals surface area contributed by atoms with Crippen LogP contribution in [0.4, 0.5) is 9.52 Å². The maximum absolute atomic E-state index is 13.8. The zero-order chi connectivity index (χ0) is 25.4. The number of anilines is 1. The van der Waals surface area contributed by atoms with Crippen molar-refractivity contribution in [1.82, 2.24) is 4.98 Å². The molecule has 180 valence electrons. The number of ketones is 1. The van der Waals surface area contributed by atoms with Crippen LogP contribution < -0.4 is 9.64 Å². The van der Waals surface area contributed by atoms with Gasteiger partial charge in [0.2, 0.25) is 0 Å². The second-order valence-electron chi connectivity index (χ2n) is 8.31. The number of hydrogen-bond donors (Lipinski definition) is 1. The number of aliphatic hydroxyl groups is 1. The molecule has 1 unspecified atom stereocenters. The number of ether oxygens (including phenoxy) is 1. The summed E-state index contributed by atoms with van der Waals surface area (Å²) < 4.78 is 19.9. The lowest BCUT2D eigenvalue weighted by molar-refractivity contribution is -0.132. The number of aryl methyl sites for hydroxylation is 1. The molecule has 1 atom stereocenters. The number of carbonyl (C=O) groups excluding carboxylic acids is 2. The predicted molar refractivity (Wildman–Crippen MR) is 138 cm³/mol. The number of thiazole rings is 1. The van der Waals surface area contributed by atoms with E-state index in [2.05, 4.69) is 11.6 Å². The molecule has 6 nitrogen and oxygen atoms in total. The molecular weight excluding hydrogens is 479 g/mol. The molecule has 1 aromatic heterocycles. The summed E-state index contributed by atoms with van der Waals surface area (Å²) in [6.45, 7) is 5.87. The normalized spacial score (nSPS) is 17.1. The molecule has 0 aliphatic carbocycles. The summed E-state index contributed by atoms with van der Waals surface area (Å²) >= 11 is 1.10. The molecule has 1 fully saturated rings. The fourth-order valence-corrected chi connectivity index (χ4v) is 5.12. The largest absolute Gasteiger partial charge is 0.507 e. The van der Waals surface area contributed by atoms with Crippen LogP contribution in [0.25, 0.3) is 16.0 Å². The number of halogens is 1. The van der Waals surface area contributed by atoms with Crippen LogP contribution in [0.2, 0.25) is 0 Å². The maximum Gasteiger partial charge on any atom is 0.301 e. The van der Waals surface area contributed by atoms with E-state index < -0.39 is 23.5 Å².